The Balaban J connectivity index is 1.17. The van der Waals surface area contributed by atoms with Gasteiger partial charge in [0.25, 0.3) is 0 Å². The van der Waals surface area contributed by atoms with Crippen LogP contribution in [0.1, 0.15) is 80.5 Å². The lowest BCUT2D eigenvalue weighted by atomic mass is 9.98. The highest BCUT2D eigenvalue weighted by Gasteiger charge is 2.27. The third-order valence-corrected chi connectivity index (χ3v) is 11.5. The predicted octanol–water partition coefficient (Wildman–Crippen LogP) is 12.3. The molecule has 0 aromatic heterocycles. The van der Waals surface area contributed by atoms with E-state index in [9.17, 15) is 15.3 Å². The Bertz CT molecular complexity index is 2720. The molecule has 8 nitrogen and oxygen atoms in total. The zero-order valence-corrected chi connectivity index (χ0v) is 34.8. The summed E-state index contributed by atoms with van der Waals surface area (Å²) in [6, 6.07) is 29.5. The Kier molecular flexibility index (Phi) is 11.7. The van der Waals surface area contributed by atoms with Gasteiger partial charge in [-0.1, -0.05) is 100 Å². The van der Waals surface area contributed by atoms with Crippen molar-refractivity contribution in [2.45, 2.75) is 58.3 Å². The molecule has 0 amide bonds. The number of allylic oxidation sites excluding steroid dienone is 12. The minimum atomic E-state index is 0.159. The minimum Gasteiger partial charge on any atom is -0.508 e. The number of benzene rings is 4. The van der Waals surface area contributed by atoms with Crippen LogP contribution in [-0.2, 0) is 0 Å². The fourth-order valence-electron chi connectivity index (χ4n) is 8.30. The quantitative estimate of drug-likeness (QED) is 0.110. The molecule has 0 saturated carbocycles. The van der Waals surface area contributed by atoms with Crippen LogP contribution in [0.4, 0.5) is 0 Å². The van der Waals surface area contributed by atoms with Crippen LogP contribution >= 0.6 is 0 Å². The third-order valence-electron chi connectivity index (χ3n) is 11.5. The van der Waals surface area contributed by atoms with Crippen molar-refractivity contribution in [3.05, 3.63) is 191 Å². The molecule has 5 aliphatic heterocycles. The van der Waals surface area contributed by atoms with Crippen molar-refractivity contribution in [1.29, 1.82) is 0 Å². The maximum atomic E-state index is 10.3. The smallest absolute Gasteiger partial charge is 0.119 e. The van der Waals surface area contributed by atoms with Gasteiger partial charge in [-0.2, -0.15) is 0 Å². The Labute approximate surface area is 362 Å². The van der Waals surface area contributed by atoms with E-state index in [1.165, 1.54) is 44.9 Å². The van der Waals surface area contributed by atoms with Crippen molar-refractivity contribution in [3.63, 3.8) is 0 Å². The summed E-state index contributed by atoms with van der Waals surface area (Å²) in [5, 5.41) is 30.8. The number of nitrogens with zero attached hydrogens (tertiary/aromatic N) is 4. The molecule has 0 saturated heterocycles. The van der Waals surface area contributed by atoms with Crippen molar-refractivity contribution >= 4 is 45.1 Å². The molecule has 8 bridgehead atoms. The number of phenolic OH excluding ortho intramolecular Hbond substituents is 3. The highest BCUT2D eigenvalue weighted by Crippen LogP contribution is 2.39. The first-order chi connectivity index (χ1) is 30.4. The number of rotatable bonds is 14. The lowest BCUT2D eigenvalue weighted by molar-refractivity contribution is 0.304. The lowest BCUT2D eigenvalue weighted by Crippen LogP contribution is -2.04. The molecule has 5 aliphatic rings. The number of hydrogen-bond donors (Lipinski definition) is 3. The number of aliphatic imine (C=N–C) groups is 4. The monoisotopic (exact) mass is 816 g/mol. The second-order valence-corrected chi connectivity index (χ2v) is 15.9. The maximum Gasteiger partial charge on any atom is 0.119 e. The molecule has 4 aromatic rings. The molecule has 0 spiro atoms. The predicted molar refractivity (Wildman–Crippen MR) is 253 cm³/mol. The van der Waals surface area contributed by atoms with Gasteiger partial charge in [-0.05, 0) is 126 Å². The van der Waals surface area contributed by atoms with Gasteiger partial charge in [0.1, 0.15) is 23.0 Å². The molecule has 4 aromatic carbocycles. The minimum absolute atomic E-state index is 0.159. The second-order valence-electron chi connectivity index (χ2n) is 15.9. The summed E-state index contributed by atoms with van der Waals surface area (Å²) >= 11 is 0. The maximum absolute atomic E-state index is 10.3. The molecule has 0 unspecified atom stereocenters. The van der Waals surface area contributed by atoms with Crippen molar-refractivity contribution in [3.8, 4) is 23.0 Å². The van der Waals surface area contributed by atoms with E-state index in [1.807, 2.05) is 97.1 Å². The van der Waals surface area contributed by atoms with Gasteiger partial charge in [-0.25, -0.2) is 20.0 Å². The molecule has 9 rings (SSSR count). The highest BCUT2D eigenvalue weighted by molar-refractivity contribution is 6.39. The van der Waals surface area contributed by atoms with E-state index in [0.717, 1.165) is 68.1 Å². The van der Waals surface area contributed by atoms with Crippen molar-refractivity contribution in [1.82, 2.24) is 0 Å². The molecular weight excluding hydrogens is 769 g/mol. The van der Waals surface area contributed by atoms with E-state index >= 15 is 0 Å². The highest BCUT2D eigenvalue weighted by atomic mass is 16.5. The van der Waals surface area contributed by atoms with Crippen LogP contribution in [0.3, 0.4) is 0 Å². The normalized spacial score (nSPS) is 16.5. The van der Waals surface area contributed by atoms with Crippen molar-refractivity contribution in [2.75, 3.05) is 6.61 Å². The molecule has 62 heavy (non-hydrogen) atoms. The van der Waals surface area contributed by atoms with Crippen LogP contribution in [0.5, 0.6) is 23.0 Å². The third kappa shape index (κ3) is 8.63. The number of phenols is 3. The van der Waals surface area contributed by atoms with Gasteiger partial charge < -0.3 is 20.1 Å². The molecule has 8 heteroatoms. The Hall–Kier alpha value is -7.32. The summed E-state index contributed by atoms with van der Waals surface area (Å²) in [7, 11) is 0. The number of unbranched alkanes of at least 4 members (excludes halogenated alkanes) is 7. The molecule has 0 radical (unpaired) electrons. The largest absolute Gasteiger partial charge is 0.508 e. The van der Waals surface area contributed by atoms with Gasteiger partial charge in [0, 0.05) is 22.3 Å². The molecule has 0 atom stereocenters. The van der Waals surface area contributed by atoms with Gasteiger partial charge in [0.15, 0.2) is 0 Å². The number of aromatic hydroxyl groups is 3. The van der Waals surface area contributed by atoms with Crippen LogP contribution < -0.4 is 4.74 Å². The van der Waals surface area contributed by atoms with Gasteiger partial charge in [-0.3, -0.25) is 0 Å². The van der Waals surface area contributed by atoms with Crippen molar-refractivity contribution < 1.29 is 20.1 Å². The number of ether oxygens (including phenoxy) is 1. The summed E-state index contributed by atoms with van der Waals surface area (Å²) in [6.07, 6.45) is 26.0. The molecular formula is C54H48N4O4. The summed E-state index contributed by atoms with van der Waals surface area (Å²) in [4.78, 5) is 21.2. The molecule has 5 heterocycles. The SMILES string of the molecule is CCCCCCCCCCOc1ccc(C2=C3C=CC(=N3)C(c3ccc(O)cc3)=C3C=CC(=N3)C(c3ccc(O)cc3)=C3C=CC(=N3)C(c3ccc(O)cc3)=C3C=CC2=N3)cc1. The van der Waals surface area contributed by atoms with Crippen LogP contribution in [0.2, 0.25) is 0 Å². The lowest BCUT2D eigenvalue weighted by Gasteiger charge is -2.13. The molecule has 3 N–H and O–H groups in total. The van der Waals surface area contributed by atoms with E-state index in [1.54, 1.807) is 36.4 Å². The first-order valence-corrected chi connectivity index (χ1v) is 21.6. The summed E-state index contributed by atoms with van der Waals surface area (Å²) in [6.45, 7) is 2.93. The van der Waals surface area contributed by atoms with Crippen LogP contribution in [0.25, 0.3) is 22.3 Å². The van der Waals surface area contributed by atoms with Crippen LogP contribution in [0, 0.1) is 0 Å². The summed E-state index contributed by atoms with van der Waals surface area (Å²) < 4.78 is 6.21. The van der Waals surface area contributed by atoms with Gasteiger partial charge in [0.05, 0.1) is 52.2 Å². The van der Waals surface area contributed by atoms with E-state index in [4.69, 9.17) is 24.7 Å². The Morgan fingerprint density at radius 1 is 0.355 bits per heavy atom. The average molecular weight is 817 g/mol. The van der Waals surface area contributed by atoms with Crippen LogP contribution in [0.15, 0.2) is 188 Å². The second kappa shape index (κ2) is 18.1. The van der Waals surface area contributed by atoms with E-state index < -0.39 is 0 Å². The first-order valence-electron chi connectivity index (χ1n) is 21.6. The van der Waals surface area contributed by atoms with E-state index in [-0.39, 0.29) is 17.2 Å². The average Bonchev–Trinajstić information content (AvgIpc) is 4.14. The fraction of sp³-hybridized carbons (Fsp3) is 0.185. The van der Waals surface area contributed by atoms with Gasteiger partial charge in [-0.15, -0.1) is 0 Å². The number of hydrogen-bond acceptors (Lipinski definition) is 8. The van der Waals surface area contributed by atoms with Crippen molar-refractivity contribution in [2.24, 2.45) is 20.0 Å². The zero-order chi connectivity index (χ0) is 42.4. The van der Waals surface area contributed by atoms with E-state index in [2.05, 4.69) is 19.1 Å². The van der Waals surface area contributed by atoms with E-state index in [0.29, 0.717) is 40.8 Å². The fourth-order valence-corrected chi connectivity index (χ4v) is 8.30. The Morgan fingerprint density at radius 3 is 0.968 bits per heavy atom. The number of fused-ring (bicyclic) bond motifs is 4. The Morgan fingerprint density at radius 2 is 0.645 bits per heavy atom. The van der Waals surface area contributed by atoms with Gasteiger partial charge in [0.2, 0.25) is 0 Å². The topological polar surface area (TPSA) is 119 Å². The molecule has 0 aliphatic carbocycles. The zero-order valence-electron chi connectivity index (χ0n) is 34.8. The van der Waals surface area contributed by atoms with Crippen LogP contribution in [-0.4, -0.2) is 44.8 Å². The standard InChI is InChI=1S/C54H48N4O4/c1-2-3-4-5-6-7-8-9-34-62-42-24-16-38(17-25-42)54-49-32-30-47(57-49)52(36-12-20-40(60)21-13-36)45-28-26-43(55-45)51(35-10-18-39(59)19-11-35)44-27-29-46(56-44)53(48-31-33-50(54)58-48)37-14-22-41(61)23-15-37/h10-33,59-61H,2-9,34H2,1H3. The summed E-state index contributed by atoms with van der Waals surface area (Å²) in [5.41, 5.74) is 12.4. The van der Waals surface area contributed by atoms with Gasteiger partial charge >= 0.3 is 0 Å². The molecule has 0 fully saturated rings. The molecule has 308 valence electrons. The first kappa shape index (κ1) is 40.1. The summed E-state index contributed by atoms with van der Waals surface area (Å²) in [5.74, 6) is 1.31.